The zero-order valence-corrected chi connectivity index (χ0v) is 11.1. The largest absolute Gasteiger partial charge is 0.366 e. The van der Waals surface area contributed by atoms with Gasteiger partial charge in [-0.2, -0.15) is 0 Å². The standard InChI is InChI=1S/C10H12N4OSi/c1-14-9(12-13-10(14)16)7-4-2-3-6(5-7)8(11)15/h2-5H,1,16H3,(H2,11,15). The van der Waals surface area contributed by atoms with Crippen LogP contribution >= 0.6 is 0 Å². The number of benzene rings is 1. The number of carbonyl (C=O) groups is 1. The average Bonchev–Trinajstić information content (AvgIpc) is 2.60. The zero-order valence-electron chi connectivity index (χ0n) is 9.14. The smallest absolute Gasteiger partial charge is 0.248 e. The van der Waals surface area contributed by atoms with Crippen LogP contribution in [0.25, 0.3) is 11.4 Å². The van der Waals surface area contributed by atoms with E-state index in [0.29, 0.717) is 5.56 Å². The molecule has 0 fully saturated rings. The Bertz CT molecular complexity index is 550. The van der Waals surface area contributed by atoms with Crippen LogP contribution in [0.5, 0.6) is 0 Å². The highest BCUT2D eigenvalue weighted by Gasteiger charge is 2.09. The van der Waals surface area contributed by atoms with Gasteiger partial charge in [-0.25, -0.2) is 0 Å². The van der Waals surface area contributed by atoms with Crippen LogP contribution in [0.3, 0.4) is 0 Å². The lowest BCUT2D eigenvalue weighted by Gasteiger charge is -2.03. The van der Waals surface area contributed by atoms with Crippen LogP contribution in [0.2, 0.25) is 0 Å². The second-order valence-corrected chi connectivity index (χ2v) is 4.47. The Balaban J connectivity index is 2.52. The molecule has 0 aliphatic heterocycles. The summed E-state index contributed by atoms with van der Waals surface area (Å²) < 4.78 is 1.92. The highest BCUT2D eigenvalue weighted by molar-refractivity contribution is 6.29. The van der Waals surface area contributed by atoms with E-state index >= 15 is 0 Å². The molecule has 82 valence electrons. The first-order chi connectivity index (χ1) is 7.59. The molecule has 2 N–H and O–H groups in total. The molecule has 0 aliphatic carbocycles. The summed E-state index contributed by atoms with van der Waals surface area (Å²) in [6, 6.07) is 7.09. The minimum atomic E-state index is -0.435. The van der Waals surface area contributed by atoms with Gasteiger partial charge in [0.15, 0.2) is 5.82 Å². The summed E-state index contributed by atoms with van der Waals surface area (Å²) in [6.45, 7) is 0. The van der Waals surface area contributed by atoms with E-state index in [1.807, 2.05) is 17.7 Å². The molecule has 0 aliphatic rings. The molecule has 1 amide bonds. The molecular formula is C10H12N4OSi. The molecule has 1 heterocycles. The molecule has 1 aromatic heterocycles. The van der Waals surface area contributed by atoms with Gasteiger partial charge >= 0.3 is 0 Å². The Morgan fingerprint density at radius 1 is 1.44 bits per heavy atom. The van der Waals surface area contributed by atoms with Gasteiger partial charge in [0.05, 0.1) is 15.7 Å². The van der Waals surface area contributed by atoms with E-state index in [9.17, 15) is 4.79 Å². The second-order valence-electron chi connectivity index (χ2n) is 3.57. The van der Waals surface area contributed by atoms with Gasteiger partial charge in [-0.1, -0.05) is 12.1 Å². The van der Waals surface area contributed by atoms with Crippen molar-refractivity contribution in [1.82, 2.24) is 14.8 Å². The third-order valence-electron chi connectivity index (χ3n) is 2.50. The molecule has 6 heteroatoms. The molecular weight excluding hydrogens is 220 g/mol. The van der Waals surface area contributed by atoms with Crippen molar-refractivity contribution in [2.24, 2.45) is 12.8 Å². The first-order valence-corrected chi connectivity index (χ1v) is 5.86. The van der Waals surface area contributed by atoms with E-state index in [0.717, 1.165) is 27.1 Å². The molecule has 0 saturated heterocycles. The number of rotatable bonds is 2. The summed E-state index contributed by atoms with van der Waals surface area (Å²) in [5.74, 6) is 0.322. The quantitative estimate of drug-likeness (QED) is 0.645. The Kier molecular flexibility index (Phi) is 2.57. The molecule has 2 rings (SSSR count). The third kappa shape index (κ3) is 1.74. The molecule has 0 unspecified atom stereocenters. The maximum absolute atomic E-state index is 11.1. The van der Waals surface area contributed by atoms with E-state index in [2.05, 4.69) is 10.2 Å². The highest BCUT2D eigenvalue weighted by Crippen LogP contribution is 2.16. The normalized spacial score (nSPS) is 10.6. The summed E-state index contributed by atoms with van der Waals surface area (Å²) in [5.41, 5.74) is 7.52. The van der Waals surface area contributed by atoms with Crippen molar-refractivity contribution in [3.8, 4) is 11.4 Å². The number of hydrogen-bond acceptors (Lipinski definition) is 3. The Labute approximate surface area is 95.7 Å². The van der Waals surface area contributed by atoms with Crippen LogP contribution in [0, 0.1) is 0 Å². The number of nitrogens with zero attached hydrogens (tertiary/aromatic N) is 3. The Morgan fingerprint density at radius 3 is 2.75 bits per heavy atom. The van der Waals surface area contributed by atoms with Crippen LogP contribution in [-0.4, -0.2) is 30.9 Å². The molecule has 0 saturated carbocycles. The summed E-state index contributed by atoms with van der Waals surface area (Å²) in [4.78, 5) is 11.1. The minimum absolute atomic E-state index is 0.435. The lowest BCUT2D eigenvalue weighted by atomic mass is 10.1. The van der Waals surface area contributed by atoms with Crippen molar-refractivity contribution >= 4 is 21.6 Å². The van der Waals surface area contributed by atoms with Gasteiger partial charge in [0.2, 0.25) is 5.91 Å². The second kappa shape index (κ2) is 3.90. The number of nitrogens with two attached hydrogens (primary N) is 1. The van der Waals surface area contributed by atoms with E-state index < -0.39 is 5.91 Å². The predicted molar refractivity (Wildman–Crippen MR) is 64.5 cm³/mol. The van der Waals surface area contributed by atoms with Gasteiger partial charge < -0.3 is 10.3 Å². The molecule has 0 spiro atoms. The van der Waals surface area contributed by atoms with Crippen molar-refractivity contribution in [1.29, 1.82) is 0 Å². The molecule has 2 aromatic rings. The summed E-state index contributed by atoms with van der Waals surface area (Å²) >= 11 is 0. The molecule has 0 radical (unpaired) electrons. The number of primary amides is 1. The molecule has 1 aromatic carbocycles. The lowest BCUT2D eigenvalue weighted by Crippen LogP contribution is -2.16. The highest BCUT2D eigenvalue weighted by atomic mass is 28.1. The van der Waals surface area contributed by atoms with Crippen molar-refractivity contribution < 1.29 is 4.79 Å². The lowest BCUT2D eigenvalue weighted by molar-refractivity contribution is 0.100. The molecule has 16 heavy (non-hydrogen) atoms. The molecule has 0 bridgehead atoms. The van der Waals surface area contributed by atoms with Gasteiger partial charge in [0.1, 0.15) is 0 Å². The Hall–Kier alpha value is -1.95. The van der Waals surface area contributed by atoms with Gasteiger partial charge in [-0.05, 0) is 12.1 Å². The van der Waals surface area contributed by atoms with Crippen molar-refractivity contribution in [3.63, 3.8) is 0 Å². The summed E-state index contributed by atoms with van der Waals surface area (Å²) in [7, 11) is 2.75. The molecule has 0 atom stereocenters. The number of amides is 1. The fourth-order valence-electron chi connectivity index (χ4n) is 1.47. The van der Waals surface area contributed by atoms with Gasteiger partial charge in [-0.15, -0.1) is 10.2 Å². The fourth-order valence-corrected chi connectivity index (χ4v) is 1.78. The van der Waals surface area contributed by atoms with Crippen LogP contribution in [0.4, 0.5) is 0 Å². The SMILES string of the molecule is Cn1c([SiH3])nnc1-c1cccc(C(N)=O)c1. The van der Waals surface area contributed by atoms with Crippen molar-refractivity contribution in [2.75, 3.05) is 0 Å². The Morgan fingerprint density at radius 2 is 2.19 bits per heavy atom. The van der Waals surface area contributed by atoms with Crippen LogP contribution in [0.1, 0.15) is 10.4 Å². The maximum atomic E-state index is 11.1. The third-order valence-corrected chi connectivity index (χ3v) is 3.37. The first kappa shape index (κ1) is 10.6. The summed E-state index contributed by atoms with van der Waals surface area (Å²) in [6.07, 6.45) is 0. The van der Waals surface area contributed by atoms with E-state index in [4.69, 9.17) is 5.73 Å². The average molecular weight is 232 g/mol. The number of aromatic nitrogens is 3. The van der Waals surface area contributed by atoms with Crippen molar-refractivity contribution in [2.45, 2.75) is 0 Å². The first-order valence-electron chi connectivity index (χ1n) is 4.86. The van der Waals surface area contributed by atoms with Crippen LogP contribution in [0.15, 0.2) is 24.3 Å². The monoisotopic (exact) mass is 232 g/mol. The van der Waals surface area contributed by atoms with Crippen LogP contribution in [-0.2, 0) is 7.05 Å². The van der Waals surface area contributed by atoms with Crippen LogP contribution < -0.4 is 11.2 Å². The van der Waals surface area contributed by atoms with Gasteiger partial charge in [-0.3, -0.25) is 4.79 Å². The summed E-state index contributed by atoms with van der Waals surface area (Å²) in [5, 5.41) is 8.11. The van der Waals surface area contributed by atoms with E-state index in [-0.39, 0.29) is 0 Å². The van der Waals surface area contributed by atoms with E-state index in [1.54, 1.807) is 18.2 Å². The van der Waals surface area contributed by atoms with Gasteiger partial charge in [0, 0.05) is 18.2 Å². The van der Waals surface area contributed by atoms with E-state index in [1.165, 1.54) is 0 Å². The minimum Gasteiger partial charge on any atom is -0.366 e. The zero-order chi connectivity index (χ0) is 11.7. The maximum Gasteiger partial charge on any atom is 0.248 e. The number of carbonyl (C=O) groups excluding carboxylic acids is 1. The van der Waals surface area contributed by atoms with Gasteiger partial charge in [0.25, 0.3) is 0 Å². The molecule has 5 nitrogen and oxygen atoms in total. The topological polar surface area (TPSA) is 73.8 Å². The predicted octanol–water partition coefficient (Wildman–Crippen LogP) is -1.43. The fraction of sp³-hybridized carbons (Fsp3) is 0.100. The number of hydrogen-bond donors (Lipinski definition) is 1. The van der Waals surface area contributed by atoms with Crippen molar-refractivity contribution in [3.05, 3.63) is 29.8 Å².